The van der Waals surface area contributed by atoms with Gasteiger partial charge in [0.1, 0.15) is 13.1 Å². The molecule has 2 aromatic carbocycles. The Hall–Kier alpha value is -2.94. The topological polar surface area (TPSA) is 21.7 Å². The summed E-state index contributed by atoms with van der Waals surface area (Å²) in [5.41, 5.74) is 4.85. The van der Waals surface area contributed by atoms with Gasteiger partial charge in [0.15, 0.2) is 11.0 Å². The Morgan fingerprint density at radius 2 is 1.61 bits per heavy atom. The lowest BCUT2D eigenvalue weighted by molar-refractivity contribution is -0.663. The number of rotatable bonds is 4. The summed E-state index contributed by atoms with van der Waals surface area (Å²) < 4.78 is 4.56. The van der Waals surface area contributed by atoms with Gasteiger partial charge in [-0.25, -0.2) is 9.13 Å². The molecule has 0 unspecified atom stereocenters. The molecule has 3 nitrogen and oxygen atoms in total. The van der Waals surface area contributed by atoms with Gasteiger partial charge in [-0.15, -0.1) is 0 Å². The standard InChI is InChI=1S/C20H18N3/c1-2-8-17(9-3-1)14-22-16-23(15-18-10-6-7-13-21-18)20-12-5-4-11-19(20)22/h1-13,16H,14-15H2/q+1. The Balaban J connectivity index is 1.74. The van der Waals surface area contributed by atoms with Crippen LogP contribution < -0.4 is 4.57 Å². The van der Waals surface area contributed by atoms with Gasteiger partial charge in [0.25, 0.3) is 0 Å². The maximum atomic E-state index is 4.44. The summed E-state index contributed by atoms with van der Waals surface area (Å²) in [6.45, 7) is 1.65. The number of pyridine rings is 1. The van der Waals surface area contributed by atoms with Gasteiger partial charge in [0.05, 0.1) is 5.69 Å². The number of para-hydroxylation sites is 2. The SMILES string of the molecule is c1ccc(C[n+]2cn(Cc3ccccn3)c3ccccc32)cc1. The van der Waals surface area contributed by atoms with Crippen LogP contribution in [0.1, 0.15) is 11.3 Å². The molecule has 0 aliphatic rings. The highest BCUT2D eigenvalue weighted by molar-refractivity contribution is 5.71. The predicted molar refractivity (Wildman–Crippen MR) is 91.0 cm³/mol. The third kappa shape index (κ3) is 2.86. The fourth-order valence-corrected chi connectivity index (χ4v) is 2.94. The first-order valence-corrected chi connectivity index (χ1v) is 7.81. The summed E-state index contributed by atoms with van der Waals surface area (Å²) in [4.78, 5) is 4.44. The molecule has 4 rings (SSSR count). The number of hydrogen-bond acceptors (Lipinski definition) is 1. The van der Waals surface area contributed by atoms with Crippen molar-refractivity contribution >= 4 is 11.0 Å². The highest BCUT2D eigenvalue weighted by Gasteiger charge is 2.15. The molecule has 0 spiro atoms. The van der Waals surface area contributed by atoms with E-state index >= 15 is 0 Å². The highest BCUT2D eigenvalue weighted by atomic mass is 15.1. The molecule has 112 valence electrons. The summed E-state index contributed by atoms with van der Waals surface area (Å²) in [7, 11) is 0. The van der Waals surface area contributed by atoms with Crippen LogP contribution in [0.3, 0.4) is 0 Å². The van der Waals surface area contributed by atoms with Crippen molar-refractivity contribution in [2.75, 3.05) is 0 Å². The quantitative estimate of drug-likeness (QED) is 0.529. The molecule has 0 amide bonds. The Bertz CT molecular complexity index is 836. The van der Waals surface area contributed by atoms with Gasteiger partial charge in [0.2, 0.25) is 6.33 Å². The van der Waals surface area contributed by atoms with Crippen LogP contribution in [-0.2, 0) is 13.1 Å². The highest BCUT2D eigenvalue weighted by Crippen LogP contribution is 2.13. The van der Waals surface area contributed by atoms with Crippen LogP contribution >= 0.6 is 0 Å². The zero-order chi connectivity index (χ0) is 15.5. The second-order valence-corrected chi connectivity index (χ2v) is 5.67. The third-order valence-electron chi connectivity index (χ3n) is 4.03. The van der Waals surface area contributed by atoms with Crippen LogP contribution in [0.2, 0.25) is 0 Å². The Morgan fingerprint density at radius 1 is 0.826 bits per heavy atom. The van der Waals surface area contributed by atoms with Crippen molar-refractivity contribution in [3.05, 3.63) is 96.6 Å². The van der Waals surface area contributed by atoms with Crippen molar-refractivity contribution in [2.45, 2.75) is 13.1 Å². The van der Waals surface area contributed by atoms with Gasteiger partial charge >= 0.3 is 0 Å². The maximum Gasteiger partial charge on any atom is 0.245 e. The monoisotopic (exact) mass is 300 g/mol. The number of imidazole rings is 1. The van der Waals surface area contributed by atoms with E-state index in [0.717, 1.165) is 18.8 Å². The molecule has 0 atom stereocenters. The number of hydrogen-bond donors (Lipinski definition) is 0. The summed E-state index contributed by atoms with van der Waals surface area (Å²) in [5, 5.41) is 0. The molecule has 2 heterocycles. The lowest BCUT2D eigenvalue weighted by atomic mass is 10.2. The van der Waals surface area contributed by atoms with Gasteiger partial charge in [-0.3, -0.25) is 4.98 Å². The molecule has 0 fully saturated rings. The molecule has 23 heavy (non-hydrogen) atoms. The van der Waals surface area contributed by atoms with Crippen LogP contribution in [0, 0.1) is 0 Å². The molecule has 0 aliphatic carbocycles. The predicted octanol–water partition coefficient (Wildman–Crippen LogP) is 3.42. The molecule has 2 aromatic heterocycles. The van der Waals surface area contributed by atoms with Gasteiger partial charge < -0.3 is 0 Å². The lowest BCUT2D eigenvalue weighted by Crippen LogP contribution is -2.32. The van der Waals surface area contributed by atoms with E-state index in [1.807, 2.05) is 18.3 Å². The summed E-state index contributed by atoms with van der Waals surface area (Å²) in [6, 6.07) is 25.1. The molecule has 3 heteroatoms. The molecule has 0 aliphatic heterocycles. The van der Waals surface area contributed by atoms with E-state index in [4.69, 9.17) is 0 Å². The molecule has 0 saturated carbocycles. The van der Waals surface area contributed by atoms with Crippen LogP contribution in [0.25, 0.3) is 11.0 Å². The second kappa shape index (κ2) is 6.05. The molecule has 0 saturated heterocycles. The Morgan fingerprint density at radius 3 is 2.43 bits per heavy atom. The van der Waals surface area contributed by atoms with Crippen molar-refractivity contribution in [3.8, 4) is 0 Å². The average molecular weight is 300 g/mol. The first-order valence-electron chi connectivity index (χ1n) is 7.81. The number of nitrogens with zero attached hydrogens (tertiary/aromatic N) is 3. The van der Waals surface area contributed by atoms with Crippen LogP contribution in [0.4, 0.5) is 0 Å². The van der Waals surface area contributed by atoms with Crippen LogP contribution in [-0.4, -0.2) is 9.55 Å². The van der Waals surface area contributed by atoms with Gasteiger partial charge in [0, 0.05) is 6.20 Å². The normalized spacial score (nSPS) is 11.0. The fourth-order valence-electron chi connectivity index (χ4n) is 2.94. The zero-order valence-corrected chi connectivity index (χ0v) is 12.8. The van der Waals surface area contributed by atoms with E-state index in [0.29, 0.717) is 0 Å². The van der Waals surface area contributed by atoms with Gasteiger partial charge in [-0.05, 0) is 29.8 Å². The number of aromatic nitrogens is 3. The van der Waals surface area contributed by atoms with E-state index < -0.39 is 0 Å². The van der Waals surface area contributed by atoms with Crippen molar-refractivity contribution in [1.82, 2.24) is 9.55 Å². The minimum Gasteiger partial charge on any atom is -0.257 e. The zero-order valence-electron chi connectivity index (χ0n) is 12.8. The minimum atomic E-state index is 0.781. The number of fused-ring (bicyclic) bond motifs is 1. The van der Waals surface area contributed by atoms with E-state index in [1.165, 1.54) is 16.6 Å². The molecule has 4 aromatic rings. The van der Waals surface area contributed by atoms with Crippen LogP contribution in [0.15, 0.2) is 85.3 Å². The largest absolute Gasteiger partial charge is 0.257 e. The fraction of sp³-hybridized carbons (Fsp3) is 0.100. The van der Waals surface area contributed by atoms with Crippen LogP contribution in [0.5, 0.6) is 0 Å². The van der Waals surface area contributed by atoms with E-state index in [-0.39, 0.29) is 0 Å². The molecular weight excluding hydrogens is 282 g/mol. The van der Waals surface area contributed by atoms with Crippen molar-refractivity contribution in [3.63, 3.8) is 0 Å². The second-order valence-electron chi connectivity index (χ2n) is 5.67. The van der Waals surface area contributed by atoms with Crippen molar-refractivity contribution < 1.29 is 4.57 Å². The summed E-state index contributed by atoms with van der Waals surface area (Å²) >= 11 is 0. The smallest absolute Gasteiger partial charge is 0.245 e. The Kier molecular flexibility index (Phi) is 3.60. The van der Waals surface area contributed by atoms with Crippen molar-refractivity contribution in [2.24, 2.45) is 0 Å². The summed E-state index contributed by atoms with van der Waals surface area (Å²) in [6.07, 6.45) is 4.03. The maximum absolute atomic E-state index is 4.44. The van der Waals surface area contributed by atoms with E-state index in [2.05, 4.69) is 81.1 Å². The van der Waals surface area contributed by atoms with Crippen molar-refractivity contribution in [1.29, 1.82) is 0 Å². The first kappa shape index (κ1) is 13.7. The number of benzene rings is 2. The van der Waals surface area contributed by atoms with E-state index in [9.17, 15) is 0 Å². The van der Waals surface area contributed by atoms with Gasteiger partial charge in [-0.1, -0.05) is 48.5 Å². The summed E-state index contributed by atoms with van der Waals surface area (Å²) in [5.74, 6) is 0. The van der Waals surface area contributed by atoms with Gasteiger partial charge in [-0.2, -0.15) is 0 Å². The molecule has 0 bridgehead atoms. The minimum absolute atomic E-state index is 0.781. The lowest BCUT2D eigenvalue weighted by Gasteiger charge is -1.98. The molecular formula is C20H18N3+. The average Bonchev–Trinajstić information content (AvgIpc) is 2.95. The molecule has 0 radical (unpaired) electrons. The van der Waals surface area contributed by atoms with E-state index in [1.54, 1.807) is 0 Å². The third-order valence-corrected chi connectivity index (χ3v) is 4.03. The molecule has 0 N–H and O–H groups in total. The first-order chi connectivity index (χ1) is 11.4. The Labute approximate surface area is 135 Å².